The number of likely N-dealkylation sites (tertiary alicyclic amines) is 1. The van der Waals surface area contributed by atoms with Gasteiger partial charge in [-0.2, -0.15) is 5.10 Å². The standard InChI is InChI=1S/C27H31N5O2/c33-26(30-14-8-3-9-15-30)21-29-16-18-31(19-17-29)27(34)25-20-24(22-10-4-1-5-11-22)28-32(25)23-12-6-2-7-13-23/h1-2,4-7,10-13,20H,3,8-9,14-19,21H2. The maximum atomic E-state index is 13.6. The molecular weight excluding hydrogens is 426 g/mol. The fraction of sp³-hybridized carbons (Fsp3) is 0.370. The number of carbonyl (C=O) groups is 2. The van der Waals surface area contributed by atoms with E-state index in [1.54, 1.807) is 4.68 Å². The third-order valence-electron chi connectivity index (χ3n) is 6.73. The number of piperidine rings is 1. The lowest BCUT2D eigenvalue weighted by Crippen LogP contribution is -2.52. The smallest absolute Gasteiger partial charge is 0.272 e. The predicted molar refractivity (Wildman–Crippen MR) is 132 cm³/mol. The molecule has 0 spiro atoms. The largest absolute Gasteiger partial charge is 0.342 e. The van der Waals surface area contributed by atoms with Crippen LogP contribution in [0.15, 0.2) is 66.7 Å². The molecule has 1 aromatic heterocycles. The number of hydrogen-bond donors (Lipinski definition) is 0. The van der Waals surface area contributed by atoms with E-state index in [2.05, 4.69) is 4.90 Å². The van der Waals surface area contributed by atoms with Gasteiger partial charge in [0.1, 0.15) is 5.69 Å². The minimum absolute atomic E-state index is 0.0273. The molecule has 2 aliphatic rings. The summed E-state index contributed by atoms with van der Waals surface area (Å²) in [6.45, 7) is 4.82. The zero-order valence-corrected chi connectivity index (χ0v) is 19.5. The Bertz CT molecular complexity index is 1110. The van der Waals surface area contributed by atoms with Crippen molar-refractivity contribution in [1.82, 2.24) is 24.5 Å². The highest BCUT2D eigenvalue weighted by Crippen LogP contribution is 2.23. The van der Waals surface area contributed by atoms with Crippen molar-refractivity contribution in [3.05, 3.63) is 72.4 Å². The van der Waals surface area contributed by atoms with Crippen molar-refractivity contribution in [1.29, 1.82) is 0 Å². The first-order chi connectivity index (χ1) is 16.7. The normalized spacial score (nSPS) is 17.1. The van der Waals surface area contributed by atoms with Crippen molar-refractivity contribution in [2.45, 2.75) is 19.3 Å². The number of piperazine rings is 1. The zero-order chi connectivity index (χ0) is 23.3. The van der Waals surface area contributed by atoms with E-state index in [-0.39, 0.29) is 11.8 Å². The molecule has 2 saturated heterocycles. The molecule has 0 bridgehead atoms. The first kappa shape index (κ1) is 22.3. The molecular formula is C27H31N5O2. The van der Waals surface area contributed by atoms with Crippen LogP contribution >= 0.6 is 0 Å². The van der Waals surface area contributed by atoms with E-state index >= 15 is 0 Å². The first-order valence-corrected chi connectivity index (χ1v) is 12.2. The molecule has 3 heterocycles. The summed E-state index contributed by atoms with van der Waals surface area (Å²) in [5.41, 5.74) is 3.17. The van der Waals surface area contributed by atoms with Gasteiger partial charge in [0.05, 0.1) is 17.9 Å². The summed E-state index contributed by atoms with van der Waals surface area (Å²) in [4.78, 5) is 32.3. The number of carbonyl (C=O) groups excluding carboxylic acids is 2. The van der Waals surface area contributed by atoms with Crippen LogP contribution in [0.3, 0.4) is 0 Å². The van der Waals surface area contributed by atoms with Crippen LogP contribution in [0.5, 0.6) is 0 Å². The monoisotopic (exact) mass is 457 g/mol. The summed E-state index contributed by atoms with van der Waals surface area (Å²) < 4.78 is 1.75. The van der Waals surface area contributed by atoms with E-state index in [9.17, 15) is 9.59 Å². The summed E-state index contributed by atoms with van der Waals surface area (Å²) in [7, 11) is 0. The number of hydrogen-bond acceptors (Lipinski definition) is 4. The molecule has 176 valence electrons. The molecule has 0 atom stereocenters. The van der Waals surface area contributed by atoms with Gasteiger partial charge in [-0.25, -0.2) is 4.68 Å². The number of nitrogens with zero attached hydrogens (tertiary/aromatic N) is 5. The third-order valence-corrected chi connectivity index (χ3v) is 6.73. The second kappa shape index (κ2) is 10.2. The lowest BCUT2D eigenvalue weighted by atomic mass is 10.1. The summed E-state index contributed by atoms with van der Waals surface area (Å²) in [6, 6.07) is 21.6. The van der Waals surface area contributed by atoms with Crippen LogP contribution in [0.4, 0.5) is 0 Å². The van der Waals surface area contributed by atoms with Crippen LogP contribution in [-0.2, 0) is 4.79 Å². The maximum absolute atomic E-state index is 13.6. The Labute approximate surface area is 200 Å². The molecule has 2 fully saturated rings. The molecule has 3 aromatic rings. The van der Waals surface area contributed by atoms with Gasteiger partial charge in [0.2, 0.25) is 5.91 Å². The quantitative estimate of drug-likeness (QED) is 0.590. The van der Waals surface area contributed by atoms with Gasteiger partial charge in [0.25, 0.3) is 5.91 Å². The van der Waals surface area contributed by atoms with Crippen LogP contribution in [0.1, 0.15) is 29.8 Å². The van der Waals surface area contributed by atoms with Crippen molar-refractivity contribution < 1.29 is 9.59 Å². The minimum Gasteiger partial charge on any atom is -0.342 e. The topological polar surface area (TPSA) is 61.7 Å². The fourth-order valence-corrected chi connectivity index (χ4v) is 4.76. The molecule has 2 aliphatic heterocycles. The zero-order valence-electron chi connectivity index (χ0n) is 19.5. The molecule has 34 heavy (non-hydrogen) atoms. The molecule has 7 heteroatoms. The van der Waals surface area contributed by atoms with Gasteiger partial charge < -0.3 is 9.80 Å². The van der Waals surface area contributed by atoms with E-state index in [1.807, 2.05) is 76.5 Å². The summed E-state index contributed by atoms with van der Waals surface area (Å²) >= 11 is 0. The summed E-state index contributed by atoms with van der Waals surface area (Å²) in [5, 5.41) is 4.78. The summed E-state index contributed by atoms with van der Waals surface area (Å²) in [5.74, 6) is 0.190. The Morgan fingerprint density at radius 2 is 1.38 bits per heavy atom. The average Bonchev–Trinajstić information content (AvgIpc) is 3.36. The van der Waals surface area contributed by atoms with Gasteiger partial charge >= 0.3 is 0 Å². The summed E-state index contributed by atoms with van der Waals surface area (Å²) in [6.07, 6.45) is 3.43. The Morgan fingerprint density at radius 1 is 0.735 bits per heavy atom. The fourth-order valence-electron chi connectivity index (χ4n) is 4.76. The first-order valence-electron chi connectivity index (χ1n) is 12.2. The van der Waals surface area contributed by atoms with Crippen LogP contribution in [0, 0.1) is 0 Å². The van der Waals surface area contributed by atoms with Gasteiger partial charge in [0.15, 0.2) is 0 Å². The molecule has 0 aliphatic carbocycles. The number of rotatable bonds is 5. The van der Waals surface area contributed by atoms with Crippen molar-refractivity contribution in [2.75, 3.05) is 45.8 Å². The van der Waals surface area contributed by atoms with Gasteiger partial charge in [0, 0.05) is 44.8 Å². The number of amides is 2. The van der Waals surface area contributed by atoms with Crippen molar-refractivity contribution >= 4 is 11.8 Å². The maximum Gasteiger partial charge on any atom is 0.272 e. The Morgan fingerprint density at radius 3 is 2.06 bits per heavy atom. The molecule has 0 unspecified atom stereocenters. The SMILES string of the molecule is O=C(CN1CCN(C(=O)c2cc(-c3ccccc3)nn2-c2ccccc2)CC1)N1CCCCC1. The highest BCUT2D eigenvalue weighted by atomic mass is 16.2. The molecule has 2 aromatic carbocycles. The van der Waals surface area contributed by atoms with Gasteiger partial charge in [-0.15, -0.1) is 0 Å². The molecule has 0 radical (unpaired) electrons. The molecule has 2 amide bonds. The van der Waals surface area contributed by atoms with Crippen LogP contribution < -0.4 is 0 Å². The highest BCUT2D eigenvalue weighted by molar-refractivity contribution is 5.94. The van der Waals surface area contributed by atoms with E-state index in [0.29, 0.717) is 38.4 Å². The number of aromatic nitrogens is 2. The number of benzene rings is 2. The van der Waals surface area contributed by atoms with E-state index in [1.165, 1.54) is 6.42 Å². The second-order valence-corrected chi connectivity index (χ2v) is 9.04. The highest BCUT2D eigenvalue weighted by Gasteiger charge is 2.28. The lowest BCUT2D eigenvalue weighted by molar-refractivity contribution is -0.133. The van der Waals surface area contributed by atoms with Gasteiger partial charge in [-0.05, 0) is 37.5 Å². The molecule has 0 N–H and O–H groups in total. The molecule has 0 saturated carbocycles. The Kier molecular flexibility index (Phi) is 6.72. The van der Waals surface area contributed by atoms with E-state index in [4.69, 9.17) is 5.10 Å². The average molecular weight is 458 g/mol. The van der Waals surface area contributed by atoms with Crippen LogP contribution in [0.25, 0.3) is 16.9 Å². The minimum atomic E-state index is -0.0273. The lowest BCUT2D eigenvalue weighted by Gasteiger charge is -2.36. The van der Waals surface area contributed by atoms with Gasteiger partial charge in [-0.1, -0.05) is 48.5 Å². The van der Waals surface area contributed by atoms with Crippen molar-refractivity contribution in [3.8, 4) is 16.9 Å². The third kappa shape index (κ3) is 4.89. The molecule has 5 rings (SSSR count). The second-order valence-electron chi connectivity index (χ2n) is 9.04. The number of para-hydroxylation sites is 1. The van der Waals surface area contributed by atoms with Crippen LogP contribution in [0.2, 0.25) is 0 Å². The van der Waals surface area contributed by atoms with Crippen molar-refractivity contribution in [3.63, 3.8) is 0 Å². The predicted octanol–water partition coefficient (Wildman–Crippen LogP) is 3.31. The Balaban J connectivity index is 1.30. The molecule has 7 nitrogen and oxygen atoms in total. The van der Waals surface area contributed by atoms with E-state index in [0.717, 1.165) is 42.9 Å². The Hall–Kier alpha value is -3.45. The van der Waals surface area contributed by atoms with Gasteiger partial charge in [-0.3, -0.25) is 14.5 Å². The van der Waals surface area contributed by atoms with Crippen molar-refractivity contribution in [2.24, 2.45) is 0 Å². The van der Waals surface area contributed by atoms with E-state index < -0.39 is 0 Å². The van der Waals surface area contributed by atoms with Crippen LogP contribution in [-0.4, -0.2) is 82.1 Å².